The number of carbonyl (C=O) groups excluding carboxylic acids is 1. The average molecular weight is 353 g/mol. The van der Waals surface area contributed by atoms with Gasteiger partial charge in [0.15, 0.2) is 0 Å². The number of nitrogens with zero attached hydrogens (tertiary/aromatic N) is 2. The maximum Gasteiger partial charge on any atom is 0.274 e. The molecule has 0 aliphatic rings. The molecule has 2 aromatic carbocycles. The van der Waals surface area contributed by atoms with Crippen LogP contribution in [0.1, 0.15) is 23.0 Å². The van der Waals surface area contributed by atoms with E-state index in [4.69, 9.17) is 11.6 Å². The third-order valence-electron chi connectivity index (χ3n) is 3.63. The number of hydrogen-bond acceptors (Lipinski definition) is 4. The highest BCUT2D eigenvalue weighted by Gasteiger charge is 2.10. The quantitative estimate of drug-likeness (QED) is 0.699. The van der Waals surface area contributed by atoms with Crippen molar-refractivity contribution >= 4 is 34.8 Å². The van der Waals surface area contributed by atoms with Crippen molar-refractivity contribution in [2.75, 3.05) is 10.6 Å². The number of aromatic nitrogens is 2. The SMILES string of the molecule is CCc1ccc(NC(=O)c2ccnc(Nc3ccccc3Cl)n2)cc1. The molecule has 0 spiro atoms. The van der Waals surface area contributed by atoms with Crippen molar-refractivity contribution in [3.63, 3.8) is 0 Å². The van der Waals surface area contributed by atoms with Crippen molar-refractivity contribution in [2.45, 2.75) is 13.3 Å². The Labute approximate surface area is 151 Å². The predicted octanol–water partition coefficient (Wildman–Crippen LogP) is 4.69. The molecule has 3 aromatic rings. The summed E-state index contributed by atoms with van der Waals surface area (Å²) in [4.78, 5) is 20.8. The molecule has 0 bridgehead atoms. The second kappa shape index (κ2) is 7.77. The standard InChI is InChI=1S/C19H17ClN4O/c1-2-13-7-9-14(10-8-13)22-18(25)17-11-12-21-19(24-17)23-16-6-4-3-5-15(16)20/h3-12H,2H2,1H3,(H,22,25)(H,21,23,24). The van der Waals surface area contributed by atoms with Crippen LogP contribution in [0.15, 0.2) is 60.8 Å². The Morgan fingerprint density at radius 1 is 1.08 bits per heavy atom. The van der Waals surface area contributed by atoms with E-state index in [0.29, 0.717) is 16.7 Å². The average Bonchev–Trinajstić information content (AvgIpc) is 2.64. The lowest BCUT2D eigenvalue weighted by Gasteiger charge is -2.08. The van der Waals surface area contributed by atoms with Crippen molar-refractivity contribution < 1.29 is 4.79 Å². The van der Waals surface area contributed by atoms with Crippen molar-refractivity contribution in [3.8, 4) is 0 Å². The molecule has 0 saturated heterocycles. The molecule has 1 aromatic heterocycles. The lowest BCUT2D eigenvalue weighted by molar-refractivity contribution is 0.102. The fourth-order valence-electron chi connectivity index (χ4n) is 2.25. The first kappa shape index (κ1) is 16.9. The normalized spacial score (nSPS) is 10.3. The van der Waals surface area contributed by atoms with E-state index < -0.39 is 0 Å². The number of benzene rings is 2. The topological polar surface area (TPSA) is 66.9 Å². The summed E-state index contributed by atoms with van der Waals surface area (Å²) in [6, 6.07) is 16.6. The van der Waals surface area contributed by atoms with Crippen LogP contribution in [0.5, 0.6) is 0 Å². The maximum absolute atomic E-state index is 12.4. The van der Waals surface area contributed by atoms with Crippen LogP contribution in [-0.4, -0.2) is 15.9 Å². The molecule has 3 rings (SSSR count). The van der Waals surface area contributed by atoms with Crippen LogP contribution >= 0.6 is 11.6 Å². The molecule has 126 valence electrons. The first-order valence-corrected chi connectivity index (χ1v) is 8.28. The minimum absolute atomic E-state index is 0.268. The first-order chi connectivity index (χ1) is 12.2. The van der Waals surface area contributed by atoms with Gasteiger partial charge in [-0.3, -0.25) is 4.79 Å². The van der Waals surface area contributed by atoms with E-state index in [1.165, 1.54) is 11.8 Å². The summed E-state index contributed by atoms with van der Waals surface area (Å²) < 4.78 is 0. The highest BCUT2D eigenvalue weighted by atomic mass is 35.5. The van der Waals surface area contributed by atoms with Crippen LogP contribution in [0.25, 0.3) is 0 Å². The summed E-state index contributed by atoms with van der Waals surface area (Å²) in [5.41, 5.74) is 2.88. The molecular formula is C19H17ClN4O. The Balaban J connectivity index is 1.74. The molecule has 0 unspecified atom stereocenters. The molecule has 5 nitrogen and oxygen atoms in total. The number of para-hydroxylation sites is 1. The van der Waals surface area contributed by atoms with Crippen molar-refractivity contribution in [2.24, 2.45) is 0 Å². The third-order valence-corrected chi connectivity index (χ3v) is 3.96. The smallest absolute Gasteiger partial charge is 0.274 e. The highest BCUT2D eigenvalue weighted by Crippen LogP contribution is 2.23. The van der Waals surface area contributed by atoms with E-state index in [9.17, 15) is 4.79 Å². The van der Waals surface area contributed by atoms with Gasteiger partial charge in [0.25, 0.3) is 5.91 Å². The number of anilines is 3. The third kappa shape index (κ3) is 4.33. The van der Waals surface area contributed by atoms with Crippen LogP contribution in [0, 0.1) is 0 Å². The number of nitrogens with one attached hydrogen (secondary N) is 2. The second-order valence-corrected chi connectivity index (χ2v) is 5.78. The zero-order valence-corrected chi connectivity index (χ0v) is 14.4. The minimum Gasteiger partial charge on any atom is -0.323 e. The zero-order chi connectivity index (χ0) is 17.6. The fourth-order valence-corrected chi connectivity index (χ4v) is 2.43. The Morgan fingerprint density at radius 2 is 1.84 bits per heavy atom. The minimum atomic E-state index is -0.297. The maximum atomic E-state index is 12.4. The number of carbonyl (C=O) groups is 1. The molecule has 0 radical (unpaired) electrons. The molecule has 0 fully saturated rings. The van der Waals surface area contributed by atoms with Crippen LogP contribution in [0.3, 0.4) is 0 Å². The summed E-state index contributed by atoms with van der Waals surface area (Å²) in [7, 11) is 0. The number of aryl methyl sites for hydroxylation is 1. The molecule has 6 heteroatoms. The summed E-state index contributed by atoms with van der Waals surface area (Å²) in [5, 5.41) is 6.39. The van der Waals surface area contributed by atoms with Gasteiger partial charge in [0.05, 0.1) is 10.7 Å². The monoisotopic (exact) mass is 352 g/mol. The van der Waals surface area contributed by atoms with Gasteiger partial charge in [0, 0.05) is 11.9 Å². The Bertz CT molecular complexity index is 881. The van der Waals surface area contributed by atoms with Crippen LogP contribution < -0.4 is 10.6 Å². The predicted molar refractivity (Wildman–Crippen MR) is 101 cm³/mol. The molecule has 0 atom stereocenters. The van der Waals surface area contributed by atoms with Gasteiger partial charge in [-0.15, -0.1) is 0 Å². The Morgan fingerprint density at radius 3 is 2.56 bits per heavy atom. The van der Waals surface area contributed by atoms with E-state index in [1.54, 1.807) is 12.1 Å². The molecular weight excluding hydrogens is 336 g/mol. The van der Waals surface area contributed by atoms with Gasteiger partial charge in [-0.1, -0.05) is 42.8 Å². The molecule has 1 amide bonds. The molecule has 0 aliphatic carbocycles. The number of hydrogen-bond donors (Lipinski definition) is 2. The Kier molecular flexibility index (Phi) is 5.26. The summed E-state index contributed by atoms with van der Waals surface area (Å²) in [6.07, 6.45) is 2.48. The lowest BCUT2D eigenvalue weighted by atomic mass is 10.1. The second-order valence-electron chi connectivity index (χ2n) is 5.37. The van der Waals surface area contributed by atoms with Crippen LogP contribution in [0.2, 0.25) is 5.02 Å². The van der Waals surface area contributed by atoms with E-state index in [2.05, 4.69) is 27.5 Å². The van der Waals surface area contributed by atoms with Gasteiger partial charge in [0.2, 0.25) is 5.95 Å². The molecule has 1 heterocycles. The first-order valence-electron chi connectivity index (χ1n) is 7.90. The van der Waals surface area contributed by atoms with Gasteiger partial charge in [-0.25, -0.2) is 9.97 Å². The van der Waals surface area contributed by atoms with Gasteiger partial charge in [-0.05, 0) is 42.3 Å². The van der Waals surface area contributed by atoms with Crippen molar-refractivity contribution in [1.82, 2.24) is 9.97 Å². The van der Waals surface area contributed by atoms with E-state index in [-0.39, 0.29) is 11.6 Å². The van der Waals surface area contributed by atoms with E-state index >= 15 is 0 Å². The molecule has 0 aliphatic heterocycles. The molecule has 25 heavy (non-hydrogen) atoms. The lowest BCUT2D eigenvalue weighted by Crippen LogP contribution is -2.14. The summed E-state index contributed by atoms with van der Waals surface area (Å²) in [6.45, 7) is 2.09. The van der Waals surface area contributed by atoms with Crippen LogP contribution in [0.4, 0.5) is 17.3 Å². The van der Waals surface area contributed by atoms with Gasteiger partial charge in [0.1, 0.15) is 5.69 Å². The zero-order valence-electron chi connectivity index (χ0n) is 13.7. The highest BCUT2D eigenvalue weighted by molar-refractivity contribution is 6.33. The largest absolute Gasteiger partial charge is 0.323 e. The van der Waals surface area contributed by atoms with Crippen molar-refractivity contribution in [3.05, 3.63) is 77.1 Å². The number of rotatable bonds is 5. The molecule has 2 N–H and O–H groups in total. The number of amides is 1. The van der Waals surface area contributed by atoms with Gasteiger partial charge < -0.3 is 10.6 Å². The van der Waals surface area contributed by atoms with Crippen LogP contribution in [-0.2, 0) is 6.42 Å². The number of halogens is 1. The fraction of sp³-hybridized carbons (Fsp3) is 0.105. The van der Waals surface area contributed by atoms with E-state index in [0.717, 1.165) is 12.1 Å². The van der Waals surface area contributed by atoms with Gasteiger partial charge >= 0.3 is 0 Å². The summed E-state index contributed by atoms with van der Waals surface area (Å²) in [5.74, 6) is 0.0101. The molecule has 0 saturated carbocycles. The summed E-state index contributed by atoms with van der Waals surface area (Å²) >= 11 is 6.11. The van der Waals surface area contributed by atoms with E-state index in [1.807, 2.05) is 42.5 Å². The Hall–Kier alpha value is -2.92. The van der Waals surface area contributed by atoms with Crippen molar-refractivity contribution in [1.29, 1.82) is 0 Å². The van der Waals surface area contributed by atoms with Gasteiger partial charge in [-0.2, -0.15) is 0 Å².